The molecule has 0 amide bonds. The van der Waals surface area contributed by atoms with Crippen LogP contribution < -0.4 is 0 Å². The average molecular weight is 318 g/mol. The van der Waals surface area contributed by atoms with Gasteiger partial charge in [0.25, 0.3) is 0 Å². The minimum atomic E-state index is -0.643. The Balaban J connectivity index is 1.93. The Morgan fingerprint density at radius 1 is 1.71 bits per heavy atom. The first kappa shape index (κ1) is 13.1. The Bertz CT molecular complexity index is 407. The van der Waals surface area contributed by atoms with Crippen LogP contribution in [0.15, 0.2) is 15.9 Å². The Kier molecular flexibility index (Phi) is 4.22. The number of hydrogen-bond donors (Lipinski definition) is 1. The third-order valence-corrected chi connectivity index (χ3v) is 5.03. The van der Waals surface area contributed by atoms with E-state index in [0.717, 1.165) is 30.4 Å². The highest BCUT2D eigenvalue weighted by Crippen LogP contribution is 2.27. The van der Waals surface area contributed by atoms with Gasteiger partial charge in [-0.2, -0.15) is 0 Å². The van der Waals surface area contributed by atoms with Crippen molar-refractivity contribution in [3.63, 3.8) is 0 Å². The van der Waals surface area contributed by atoms with Crippen LogP contribution in [0, 0.1) is 5.92 Å². The molecular weight excluding hydrogens is 302 g/mol. The molecule has 94 valence electrons. The third-order valence-electron chi connectivity index (χ3n) is 3.34. The molecule has 1 saturated heterocycles. The van der Waals surface area contributed by atoms with E-state index in [9.17, 15) is 4.79 Å². The smallest absolute Gasteiger partial charge is 0.306 e. The molecule has 1 fully saturated rings. The van der Waals surface area contributed by atoms with Gasteiger partial charge in [0.1, 0.15) is 0 Å². The van der Waals surface area contributed by atoms with E-state index in [0.29, 0.717) is 6.04 Å². The van der Waals surface area contributed by atoms with Gasteiger partial charge in [0.2, 0.25) is 0 Å². The van der Waals surface area contributed by atoms with Gasteiger partial charge in [0, 0.05) is 27.3 Å². The normalized spacial score (nSPS) is 26.0. The van der Waals surface area contributed by atoms with E-state index >= 15 is 0 Å². The minimum Gasteiger partial charge on any atom is -0.481 e. The summed E-state index contributed by atoms with van der Waals surface area (Å²) in [6.45, 7) is 3.94. The molecule has 0 aromatic carbocycles. The Labute approximate surface area is 114 Å². The second kappa shape index (κ2) is 5.50. The summed E-state index contributed by atoms with van der Waals surface area (Å²) < 4.78 is 1.13. The summed E-state index contributed by atoms with van der Waals surface area (Å²) in [7, 11) is 0. The molecule has 3 nitrogen and oxygen atoms in total. The molecule has 0 aliphatic carbocycles. The van der Waals surface area contributed by atoms with Crippen LogP contribution in [-0.4, -0.2) is 28.6 Å². The number of hydrogen-bond acceptors (Lipinski definition) is 3. The van der Waals surface area contributed by atoms with Crippen LogP contribution in [0.2, 0.25) is 0 Å². The van der Waals surface area contributed by atoms with E-state index in [-0.39, 0.29) is 5.92 Å². The minimum absolute atomic E-state index is 0.156. The molecule has 1 aliphatic heterocycles. The number of carboxylic acids is 1. The van der Waals surface area contributed by atoms with Crippen LogP contribution in [0.3, 0.4) is 0 Å². The number of aliphatic carboxylic acids is 1. The molecule has 0 bridgehead atoms. The summed E-state index contributed by atoms with van der Waals surface area (Å²) in [6, 6.07) is 2.49. The molecule has 2 atom stereocenters. The topological polar surface area (TPSA) is 40.5 Å². The summed E-state index contributed by atoms with van der Waals surface area (Å²) >= 11 is 5.20. The molecule has 17 heavy (non-hydrogen) atoms. The van der Waals surface area contributed by atoms with Crippen molar-refractivity contribution in [3.05, 3.63) is 20.8 Å². The lowest BCUT2D eigenvalue weighted by Crippen LogP contribution is -2.41. The Morgan fingerprint density at radius 3 is 3.00 bits per heavy atom. The van der Waals surface area contributed by atoms with Crippen molar-refractivity contribution in [1.82, 2.24) is 4.90 Å². The first-order chi connectivity index (χ1) is 8.06. The number of halogens is 1. The molecule has 0 radical (unpaired) electrons. The maximum atomic E-state index is 10.9. The van der Waals surface area contributed by atoms with Gasteiger partial charge in [-0.25, -0.2) is 0 Å². The van der Waals surface area contributed by atoms with Crippen molar-refractivity contribution in [2.24, 2.45) is 5.92 Å². The molecular formula is C12H16BrNO2S. The second-order valence-electron chi connectivity index (χ2n) is 4.61. The van der Waals surface area contributed by atoms with Crippen LogP contribution in [0.25, 0.3) is 0 Å². The summed E-state index contributed by atoms with van der Waals surface area (Å²) in [5.41, 5.74) is 0. The molecule has 1 N–H and O–H groups in total. The monoisotopic (exact) mass is 317 g/mol. The van der Waals surface area contributed by atoms with Crippen molar-refractivity contribution < 1.29 is 9.90 Å². The number of nitrogens with zero attached hydrogens (tertiary/aromatic N) is 1. The van der Waals surface area contributed by atoms with Crippen LogP contribution in [0.4, 0.5) is 0 Å². The van der Waals surface area contributed by atoms with Gasteiger partial charge in [0.05, 0.1) is 5.92 Å². The summed E-state index contributed by atoms with van der Waals surface area (Å²) in [6.07, 6.45) is 1.54. The zero-order valence-electron chi connectivity index (χ0n) is 9.73. The Hall–Kier alpha value is -0.390. The maximum absolute atomic E-state index is 10.9. The lowest BCUT2D eigenvalue weighted by molar-refractivity contribution is -0.144. The lowest BCUT2D eigenvalue weighted by Gasteiger charge is -2.35. The zero-order chi connectivity index (χ0) is 12.4. The van der Waals surface area contributed by atoms with Crippen LogP contribution >= 0.6 is 27.3 Å². The molecule has 1 aromatic rings. The first-order valence-corrected chi connectivity index (χ1v) is 7.43. The summed E-state index contributed by atoms with van der Waals surface area (Å²) in [5, 5.41) is 11.1. The van der Waals surface area contributed by atoms with Gasteiger partial charge < -0.3 is 5.11 Å². The SMILES string of the molecule is CC1CC(C(=O)O)CCN1Cc1cc(Br)cs1. The lowest BCUT2D eigenvalue weighted by atomic mass is 9.92. The standard InChI is InChI=1S/C12H16BrNO2S/c1-8-4-9(12(15)16)2-3-14(8)6-11-5-10(13)7-17-11/h5,7-9H,2-4,6H2,1H3,(H,15,16). The molecule has 1 aliphatic rings. The number of thiophene rings is 1. The predicted octanol–water partition coefficient (Wildman–Crippen LogP) is 3.20. The number of carboxylic acid groups (broad SMARTS) is 1. The predicted molar refractivity (Wildman–Crippen MR) is 72.3 cm³/mol. The average Bonchev–Trinajstić information content (AvgIpc) is 2.67. The summed E-state index contributed by atoms with van der Waals surface area (Å²) in [5.74, 6) is -0.799. The van der Waals surface area contributed by atoms with Crippen LogP contribution in [0.5, 0.6) is 0 Å². The van der Waals surface area contributed by atoms with Gasteiger partial charge in [-0.05, 0) is 48.3 Å². The Morgan fingerprint density at radius 2 is 2.47 bits per heavy atom. The highest BCUT2D eigenvalue weighted by Gasteiger charge is 2.29. The van der Waals surface area contributed by atoms with E-state index in [4.69, 9.17) is 5.11 Å². The van der Waals surface area contributed by atoms with Crippen molar-refractivity contribution in [2.45, 2.75) is 32.4 Å². The van der Waals surface area contributed by atoms with Gasteiger partial charge in [-0.15, -0.1) is 11.3 Å². The largest absolute Gasteiger partial charge is 0.481 e. The highest BCUT2D eigenvalue weighted by molar-refractivity contribution is 9.10. The fourth-order valence-electron chi connectivity index (χ4n) is 2.32. The second-order valence-corrected chi connectivity index (χ2v) is 6.52. The molecule has 0 spiro atoms. The highest BCUT2D eigenvalue weighted by atomic mass is 79.9. The van der Waals surface area contributed by atoms with E-state index in [1.54, 1.807) is 11.3 Å². The van der Waals surface area contributed by atoms with Gasteiger partial charge in [0.15, 0.2) is 0 Å². The van der Waals surface area contributed by atoms with E-state index in [1.807, 2.05) is 0 Å². The van der Waals surface area contributed by atoms with Gasteiger partial charge >= 0.3 is 5.97 Å². The van der Waals surface area contributed by atoms with Crippen molar-refractivity contribution in [1.29, 1.82) is 0 Å². The number of piperidine rings is 1. The molecule has 5 heteroatoms. The van der Waals surface area contributed by atoms with Crippen LogP contribution in [0.1, 0.15) is 24.6 Å². The molecule has 2 heterocycles. The fraction of sp³-hybridized carbons (Fsp3) is 0.583. The number of likely N-dealkylation sites (tertiary alicyclic amines) is 1. The van der Waals surface area contributed by atoms with Crippen molar-refractivity contribution >= 4 is 33.2 Å². The van der Waals surface area contributed by atoms with Crippen molar-refractivity contribution in [3.8, 4) is 0 Å². The molecule has 2 rings (SSSR count). The van der Waals surface area contributed by atoms with Crippen molar-refractivity contribution in [2.75, 3.05) is 6.54 Å². The molecule has 0 saturated carbocycles. The van der Waals surface area contributed by atoms with E-state index in [2.05, 4.69) is 39.2 Å². The quantitative estimate of drug-likeness (QED) is 0.930. The van der Waals surface area contributed by atoms with Gasteiger partial charge in [-0.3, -0.25) is 9.69 Å². The summed E-state index contributed by atoms with van der Waals surface area (Å²) in [4.78, 5) is 14.6. The zero-order valence-corrected chi connectivity index (χ0v) is 12.1. The number of rotatable bonds is 3. The fourth-order valence-corrected chi connectivity index (χ4v) is 3.79. The van der Waals surface area contributed by atoms with E-state index in [1.165, 1.54) is 4.88 Å². The van der Waals surface area contributed by atoms with E-state index < -0.39 is 5.97 Å². The third kappa shape index (κ3) is 3.30. The molecule has 1 aromatic heterocycles. The van der Waals surface area contributed by atoms with Crippen LogP contribution in [-0.2, 0) is 11.3 Å². The first-order valence-electron chi connectivity index (χ1n) is 5.76. The van der Waals surface area contributed by atoms with Gasteiger partial charge in [-0.1, -0.05) is 0 Å². The maximum Gasteiger partial charge on any atom is 0.306 e. The number of carbonyl (C=O) groups is 1. The molecule has 2 unspecified atom stereocenters.